The minimum absolute atomic E-state index is 0.0696. The van der Waals surface area contributed by atoms with E-state index in [1.54, 1.807) is 0 Å². The van der Waals surface area contributed by atoms with Crippen LogP contribution in [0.5, 0.6) is 0 Å². The monoisotopic (exact) mass is 354 g/mol. The molecule has 1 aliphatic heterocycles. The van der Waals surface area contributed by atoms with Gasteiger partial charge in [0.2, 0.25) is 5.82 Å². The summed E-state index contributed by atoms with van der Waals surface area (Å²) in [5, 5.41) is 3.64. The second kappa shape index (κ2) is 6.52. The SMILES string of the molecule is Cn1c(C(F)(F)F)nn(CN2CC=C(c3ccccc3)CC2)c1=S. The minimum atomic E-state index is -4.50. The van der Waals surface area contributed by atoms with Gasteiger partial charge in [0, 0.05) is 20.1 Å². The van der Waals surface area contributed by atoms with Crippen molar-refractivity contribution in [1.82, 2.24) is 19.2 Å². The highest BCUT2D eigenvalue weighted by Crippen LogP contribution is 2.28. The van der Waals surface area contributed by atoms with Gasteiger partial charge in [-0.2, -0.15) is 13.2 Å². The maximum absolute atomic E-state index is 12.9. The summed E-state index contributed by atoms with van der Waals surface area (Å²) in [4.78, 5) is 2.02. The highest BCUT2D eigenvalue weighted by molar-refractivity contribution is 7.71. The van der Waals surface area contributed by atoms with E-state index in [1.807, 2.05) is 23.1 Å². The van der Waals surface area contributed by atoms with Crippen molar-refractivity contribution < 1.29 is 13.2 Å². The van der Waals surface area contributed by atoms with Crippen LogP contribution < -0.4 is 0 Å². The Labute approximate surface area is 142 Å². The highest BCUT2D eigenvalue weighted by Gasteiger charge is 2.37. The third-order valence-corrected chi connectivity index (χ3v) is 4.55. The van der Waals surface area contributed by atoms with Crippen LogP contribution in [0.3, 0.4) is 0 Å². The smallest absolute Gasteiger partial charge is 0.299 e. The van der Waals surface area contributed by atoms with E-state index in [1.165, 1.54) is 22.9 Å². The molecule has 0 amide bonds. The largest absolute Gasteiger partial charge is 0.451 e. The van der Waals surface area contributed by atoms with Crippen LogP contribution in [0.4, 0.5) is 13.2 Å². The molecule has 128 valence electrons. The minimum Gasteiger partial charge on any atom is -0.299 e. The fraction of sp³-hybridized carbons (Fsp3) is 0.375. The van der Waals surface area contributed by atoms with E-state index >= 15 is 0 Å². The molecule has 0 unspecified atom stereocenters. The molecule has 1 aliphatic rings. The summed E-state index contributed by atoms with van der Waals surface area (Å²) in [5.41, 5.74) is 2.44. The normalized spacial score (nSPS) is 16.2. The number of alkyl halides is 3. The van der Waals surface area contributed by atoms with E-state index in [0.29, 0.717) is 6.54 Å². The van der Waals surface area contributed by atoms with Gasteiger partial charge in [-0.3, -0.25) is 9.47 Å². The van der Waals surface area contributed by atoms with Crippen molar-refractivity contribution in [2.24, 2.45) is 7.05 Å². The quantitative estimate of drug-likeness (QED) is 0.786. The molecule has 4 nitrogen and oxygen atoms in total. The zero-order valence-electron chi connectivity index (χ0n) is 13.1. The van der Waals surface area contributed by atoms with Gasteiger partial charge >= 0.3 is 6.18 Å². The number of benzene rings is 1. The second-order valence-electron chi connectivity index (χ2n) is 5.73. The van der Waals surface area contributed by atoms with Crippen molar-refractivity contribution in [2.75, 3.05) is 13.1 Å². The van der Waals surface area contributed by atoms with E-state index in [0.717, 1.165) is 17.5 Å². The van der Waals surface area contributed by atoms with Crippen LogP contribution >= 0.6 is 12.2 Å². The van der Waals surface area contributed by atoms with Gasteiger partial charge in [0.25, 0.3) is 0 Å². The zero-order valence-corrected chi connectivity index (χ0v) is 13.9. The third kappa shape index (κ3) is 3.44. The molecule has 0 radical (unpaired) electrons. The van der Waals surface area contributed by atoms with Gasteiger partial charge in [0.05, 0.1) is 6.67 Å². The van der Waals surface area contributed by atoms with Crippen LogP contribution in [0.1, 0.15) is 17.8 Å². The Morgan fingerprint density at radius 2 is 1.92 bits per heavy atom. The van der Waals surface area contributed by atoms with Crippen LogP contribution in [-0.4, -0.2) is 32.3 Å². The molecule has 0 saturated heterocycles. The lowest BCUT2D eigenvalue weighted by Crippen LogP contribution is -2.31. The van der Waals surface area contributed by atoms with E-state index < -0.39 is 12.0 Å². The molecule has 8 heteroatoms. The Kier molecular flexibility index (Phi) is 4.60. The number of rotatable bonds is 3. The Balaban J connectivity index is 1.73. The summed E-state index contributed by atoms with van der Waals surface area (Å²) in [7, 11) is 1.29. The molecule has 0 bridgehead atoms. The number of aromatic nitrogens is 3. The maximum atomic E-state index is 12.9. The second-order valence-corrected chi connectivity index (χ2v) is 6.09. The summed E-state index contributed by atoms with van der Waals surface area (Å²) in [6.07, 6.45) is -1.55. The first-order valence-electron chi connectivity index (χ1n) is 7.54. The lowest BCUT2D eigenvalue weighted by atomic mass is 10.00. The topological polar surface area (TPSA) is 26.0 Å². The predicted molar refractivity (Wildman–Crippen MR) is 87.6 cm³/mol. The average molecular weight is 354 g/mol. The number of hydrogen-bond acceptors (Lipinski definition) is 3. The van der Waals surface area contributed by atoms with Gasteiger partial charge in [-0.05, 0) is 29.8 Å². The van der Waals surface area contributed by atoms with Crippen LogP contribution in [0.2, 0.25) is 0 Å². The first-order chi connectivity index (χ1) is 11.4. The van der Waals surface area contributed by atoms with E-state index in [-0.39, 0.29) is 11.4 Å². The molecule has 2 aromatic rings. The zero-order chi connectivity index (χ0) is 17.3. The molecular weight excluding hydrogens is 337 g/mol. The molecule has 1 aromatic carbocycles. The molecule has 2 heterocycles. The van der Waals surface area contributed by atoms with Crippen molar-refractivity contribution in [1.29, 1.82) is 0 Å². The Morgan fingerprint density at radius 1 is 1.21 bits per heavy atom. The Bertz CT molecular complexity index is 805. The molecule has 0 atom stereocenters. The number of halogens is 3. The molecule has 3 rings (SSSR count). The first kappa shape index (κ1) is 16.9. The summed E-state index contributed by atoms with van der Waals surface area (Å²) in [5.74, 6) is -0.968. The van der Waals surface area contributed by atoms with Crippen LogP contribution in [0.15, 0.2) is 36.4 Å². The van der Waals surface area contributed by atoms with Gasteiger partial charge in [0.1, 0.15) is 0 Å². The van der Waals surface area contributed by atoms with Gasteiger partial charge in [-0.1, -0.05) is 36.4 Å². The van der Waals surface area contributed by atoms with Crippen LogP contribution in [-0.2, 0) is 19.9 Å². The van der Waals surface area contributed by atoms with E-state index in [4.69, 9.17) is 12.2 Å². The third-order valence-electron chi connectivity index (χ3n) is 4.07. The fourth-order valence-corrected chi connectivity index (χ4v) is 2.96. The van der Waals surface area contributed by atoms with Crippen LogP contribution in [0.25, 0.3) is 5.57 Å². The van der Waals surface area contributed by atoms with Gasteiger partial charge < -0.3 is 0 Å². The summed E-state index contributed by atoms with van der Waals surface area (Å²) >= 11 is 5.07. The molecule has 0 aliphatic carbocycles. The standard InChI is InChI=1S/C16H17F3N4S/c1-21-14(16(17,18)19)20-23(15(21)24)11-22-9-7-13(8-10-22)12-5-3-2-4-6-12/h2-7H,8-11H2,1H3. The lowest BCUT2D eigenvalue weighted by Gasteiger charge is -2.26. The van der Waals surface area contributed by atoms with Crippen molar-refractivity contribution in [3.8, 4) is 0 Å². The fourth-order valence-electron chi connectivity index (χ4n) is 2.77. The van der Waals surface area contributed by atoms with Crippen molar-refractivity contribution in [3.63, 3.8) is 0 Å². The lowest BCUT2D eigenvalue weighted by molar-refractivity contribution is -0.147. The molecule has 0 N–H and O–H groups in total. The van der Waals surface area contributed by atoms with Crippen LogP contribution in [0, 0.1) is 4.77 Å². The van der Waals surface area contributed by atoms with Gasteiger partial charge in [-0.25, -0.2) is 4.68 Å². The van der Waals surface area contributed by atoms with Gasteiger partial charge in [0.15, 0.2) is 4.77 Å². The summed E-state index contributed by atoms with van der Waals surface area (Å²) in [6.45, 7) is 1.66. The van der Waals surface area contributed by atoms with E-state index in [2.05, 4.69) is 23.3 Å². The molecule has 0 saturated carbocycles. The number of nitrogens with zero attached hydrogens (tertiary/aromatic N) is 4. The summed E-state index contributed by atoms with van der Waals surface area (Å²) < 4.78 is 40.9. The average Bonchev–Trinajstić information content (AvgIpc) is 2.85. The maximum Gasteiger partial charge on any atom is 0.451 e. The summed E-state index contributed by atoms with van der Waals surface area (Å²) in [6, 6.07) is 10.1. The Morgan fingerprint density at radius 3 is 2.46 bits per heavy atom. The molecule has 24 heavy (non-hydrogen) atoms. The highest BCUT2D eigenvalue weighted by atomic mass is 32.1. The Hall–Kier alpha value is -1.93. The number of hydrogen-bond donors (Lipinski definition) is 0. The first-order valence-corrected chi connectivity index (χ1v) is 7.95. The molecule has 0 spiro atoms. The van der Waals surface area contributed by atoms with E-state index in [9.17, 15) is 13.2 Å². The molecule has 1 aromatic heterocycles. The molecular formula is C16H17F3N4S. The predicted octanol–water partition coefficient (Wildman–Crippen LogP) is 3.72. The molecule has 0 fully saturated rings. The van der Waals surface area contributed by atoms with Gasteiger partial charge in [-0.15, -0.1) is 5.10 Å². The van der Waals surface area contributed by atoms with Crippen molar-refractivity contribution in [2.45, 2.75) is 19.3 Å². The van der Waals surface area contributed by atoms with Crippen molar-refractivity contribution in [3.05, 3.63) is 52.6 Å². The van der Waals surface area contributed by atoms with Crippen molar-refractivity contribution >= 4 is 17.8 Å².